The second-order valence-electron chi connectivity index (χ2n) is 5.01. The molecule has 2 aromatic carbocycles. The summed E-state index contributed by atoms with van der Waals surface area (Å²) in [5, 5.41) is 10.6. The minimum Gasteiger partial charge on any atom is -0.465 e. The highest BCUT2D eigenvalue weighted by Gasteiger charge is 2.23. The van der Waals surface area contributed by atoms with Crippen molar-refractivity contribution in [3.05, 3.63) is 71.3 Å². The van der Waals surface area contributed by atoms with E-state index in [9.17, 15) is 9.90 Å². The molecule has 0 amide bonds. The molecule has 0 aliphatic rings. The predicted octanol–water partition coefficient (Wildman–Crippen LogP) is 2.92. The van der Waals surface area contributed by atoms with Crippen LogP contribution < -0.4 is 0 Å². The molecule has 0 aliphatic carbocycles. The lowest BCUT2D eigenvalue weighted by atomic mass is 9.88. The molecule has 0 saturated carbocycles. The van der Waals surface area contributed by atoms with Crippen LogP contribution in [-0.2, 0) is 16.8 Å². The summed E-state index contributed by atoms with van der Waals surface area (Å²) in [6.07, 6.45) is 0.519. The summed E-state index contributed by atoms with van der Waals surface area (Å²) in [5.41, 5.74) is 1.34. The van der Waals surface area contributed by atoms with Crippen molar-refractivity contribution in [3.8, 4) is 0 Å². The Morgan fingerprint density at radius 1 is 1.10 bits per heavy atom. The van der Waals surface area contributed by atoms with Crippen molar-refractivity contribution in [2.45, 2.75) is 18.9 Å². The van der Waals surface area contributed by atoms with Gasteiger partial charge in [-0.05, 0) is 30.2 Å². The quantitative estimate of drug-likeness (QED) is 0.869. The van der Waals surface area contributed by atoms with Crippen molar-refractivity contribution in [3.63, 3.8) is 0 Å². The largest absolute Gasteiger partial charge is 0.465 e. The van der Waals surface area contributed by atoms with E-state index in [-0.39, 0.29) is 5.97 Å². The van der Waals surface area contributed by atoms with E-state index < -0.39 is 5.60 Å². The lowest BCUT2D eigenvalue weighted by Crippen LogP contribution is -2.24. The van der Waals surface area contributed by atoms with Gasteiger partial charge in [0.15, 0.2) is 0 Å². The number of esters is 1. The Kier molecular flexibility index (Phi) is 4.20. The number of carbonyl (C=O) groups is 1. The Labute approximate surface area is 118 Å². The zero-order valence-electron chi connectivity index (χ0n) is 11.7. The molecular weight excluding hydrogens is 252 g/mol. The van der Waals surface area contributed by atoms with Crippen molar-refractivity contribution in [1.29, 1.82) is 0 Å². The highest BCUT2D eigenvalue weighted by atomic mass is 16.5. The molecular formula is C17H18O3. The van der Waals surface area contributed by atoms with Crippen molar-refractivity contribution in [2.24, 2.45) is 0 Å². The Morgan fingerprint density at radius 2 is 1.70 bits per heavy atom. The third-order valence-electron chi connectivity index (χ3n) is 3.32. The molecule has 1 atom stereocenters. The normalized spacial score (nSPS) is 13.6. The van der Waals surface area contributed by atoms with Crippen LogP contribution in [0.1, 0.15) is 28.4 Å². The van der Waals surface area contributed by atoms with Gasteiger partial charge in [-0.2, -0.15) is 0 Å². The number of benzene rings is 2. The minimum atomic E-state index is -0.976. The van der Waals surface area contributed by atoms with Crippen LogP contribution in [0.25, 0.3) is 0 Å². The lowest BCUT2D eigenvalue weighted by Gasteiger charge is -2.24. The molecule has 0 aliphatic heterocycles. The Bertz CT molecular complexity index is 571. The Morgan fingerprint density at radius 3 is 2.25 bits per heavy atom. The van der Waals surface area contributed by atoms with Gasteiger partial charge >= 0.3 is 5.97 Å². The van der Waals surface area contributed by atoms with Crippen molar-refractivity contribution in [2.75, 3.05) is 7.11 Å². The topological polar surface area (TPSA) is 46.5 Å². The van der Waals surface area contributed by atoms with Crippen LogP contribution >= 0.6 is 0 Å². The van der Waals surface area contributed by atoms with E-state index in [1.54, 1.807) is 31.2 Å². The highest BCUT2D eigenvalue weighted by molar-refractivity contribution is 5.89. The first-order chi connectivity index (χ1) is 9.53. The third kappa shape index (κ3) is 3.25. The van der Waals surface area contributed by atoms with Crippen molar-refractivity contribution < 1.29 is 14.6 Å². The summed E-state index contributed by atoms with van der Waals surface area (Å²) >= 11 is 0. The second-order valence-corrected chi connectivity index (χ2v) is 5.01. The standard InChI is InChI=1S/C17H18O3/c1-17(19,12-13-6-4-3-5-7-13)15-10-8-14(9-11-15)16(18)20-2/h3-11,19H,12H2,1-2H3/t17-/m1/s1. The second kappa shape index (κ2) is 5.88. The first kappa shape index (κ1) is 14.3. The summed E-state index contributed by atoms with van der Waals surface area (Å²) in [7, 11) is 1.35. The van der Waals surface area contributed by atoms with E-state index in [1.807, 2.05) is 30.3 Å². The van der Waals surface area contributed by atoms with E-state index in [2.05, 4.69) is 4.74 Å². The molecule has 3 nitrogen and oxygen atoms in total. The van der Waals surface area contributed by atoms with Crippen molar-refractivity contribution in [1.82, 2.24) is 0 Å². The molecule has 1 N–H and O–H groups in total. The van der Waals surface area contributed by atoms with Gasteiger partial charge in [-0.1, -0.05) is 42.5 Å². The predicted molar refractivity (Wildman–Crippen MR) is 77.5 cm³/mol. The van der Waals surface area contributed by atoms with Crippen LogP contribution in [0.2, 0.25) is 0 Å². The van der Waals surface area contributed by atoms with Gasteiger partial charge in [0.2, 0.25) is 0 Å². The average Bonchev–Trinajstić information content (AvgIpc) is 2.47. The summed E-state index contributed by atoms with van der Waals surface area (Å²) < 4.78 is 4.66. The van der Waals surface area contributed by atoms with Crippen LogP contribution in [0.15, 0.2) is 54.6 Å². The van der Waals surface area contributed by atoms with Crippen LogP contribution in [0, 0.1) is 0 Å². The number of ether oxygens (including phenoxy) is 1. The number of carbonyl (C=O) groups excluding carboxylic acids is 1. The number of rotatable bonds is 4. The number of hydrogen-bond donors (Lipinski definition) is 1. The molecule has 0 bridgehead atoms. The first-order valence-corrected chi connectivity index (χ1v) is 6.48. The van der Waals surface area contributed by atoms with E-state index in [1.165, 1.54) is 7.11 Å². The van der Waals surface area contributed by atoms with E-state index >= 15 is 0 Å². The minimum absolute atomic E-state index is 0.376. The molecule has 0 spiro atoms. The van der Waals surface area contributed by atoms with Gasteiger partial charge in [-0.3, -0.25) is 0 Å². The molecule has 2 rings (SSSR count). The van der Waals surface area contributed by atoms with Gasteiger partial charge in [0.25, 0.3) is 0 Å². The first-order valence-electron chi connectivity index (χ1n) is 6.48. The zero-order valence-corrected chi connectivity index (χ0v) is 11.7. The van der Waals surface area contributed by atoms with Gasteiger partial charge in [-0.15, -0.1) is 0 Å². The highest BCUT2D eigenvalue weighted by Crippen LogP contribution is 2.25. The summed E-state index contributed by atoms with van der Waals surface area (Å²) in [4.78, 5) is 11.4. The number of hydrogen-bond acceptors (Lipinski definition) is 3. The number of aliphatic hydroxyl groups is 1. The molecule has 20 heavy (non-hydrogen) atoms. The molecule has 104 valence electrons. The molecule has 2 aromatic rings. The van der Waals surface area contributed by atoms with E-state index in [4.69, 9.17) is 0 Å². The van der Waals surface area contributed by atoms with E-state index in [0.717, 1.165) is 11.1 Å². The molecule has 0 radical (unpaired) electrons. The average molecular weight is 270 g/mol. The maximum Gasteiger partial charge on any atom is 0.337 e. The third-order valence-corrected chi connectivity index (χ3v) is 3.32. The van der Waals surface area contributed by atoms with Crippen molar-refractivity contribution >= 4 is 5.97 Å². The van der Waals surface area contributed by atoms with Crippen LogP contribution in [0.4, 0.5) is 0 Å². The molecule has 0 aromatic heterocycles. The monoisotopic (exact) mass is 270 g/mol. The molecule has 0 fully saturated rings. The van der Waals surface area contributed by atoms with Gasteiger partial charge in [-0.25, -0.2) is 4.79 Å². The fourth-order valence-electron chi connectivity index (χ4n) is 2.18. The fraction of sp³-hybridized carbons (Fsp3) is 0.235. The van der Waals surface area contributed by atoms with E-state index in [0.29, 0.717) is 12.0 Å². The van der Waals surface area contributed by atoms with Gasteiger partial charge in [0.05, 0.1) is 18.3 Å². The van der Waals surface area contributed by atoms with Crippen LogP contribution in [0.5, 0.6) is 0 Å². The SMILES string of the molecule is COC(=O)c1ccc([C@](C)(O)Cc2ccccc2)cc1. The molecule has 0 saturated heterocycles. The summed E-state index contributed by atoms with van der Waals surface area (Å²) in [5.74, 6) is -0.376. The lowest BCUT2D eigenvalue weighted by molar-refractivity contribution is 0.0565. The summed E-state index contributed by atoms with van der Waals surface area (Å²) in [6, 6.07) is 16.7. The van der Waals surface area contributed by atoms with Crippen LogP contribution in [0.3, 0.4) is 0 Å². The summed E-state index contributed by atoms with van der Waals surface area (Å²) in [6.45, 7) is 1.77. The zero-order chi connectivity index (χ0) is 14.6. The Hall–Kier alpha value is -2.13. The number of methoxy groups -OCH3 is 1. The Balaban J connectivity index is 2.19. The van der Waals surface area contributed by atoms with Gasteiger partial charge in [0.1, 0.15) is 0 Å². The van der Waals surface area contributed by atoms with Gasteiger partial charge in [0, 0.05) is 6.42 Å². The van der Waals surface area contributed by atoms with Gasteiger partial charge < -0.3 is 9.84 Å². The smallest absolute Gasteiger partial charge is 0.337 e. The molecule has 0 unspecified atom stereocenters. The van der Waals surface area contributed by atoms with Crippen LogP contribution in [-0.4, -0.2) is 18.2 Å². The molecule has 3 heteroatoms. The maximum atomic E-state index is 11.4. The maximum absolute atomic E-state index is 11.4. The molecule has 0 heterocycles. The fourth-order valence-corrected chi connectivity index (χ4v) is 2.18.